The first-order valence-corrected chi connectivity index (χ1v) is 6.36. The molecule has 1 heterocycles. The number of hydrogen-bond acceptors (Lipinski definition) is 5. The predicted octanol–water partition coefficient (Wildman–Crippen LogP) is 1.04. The quantitative estimate of drug-likeness (QED) is 0.464. The van der Waals surface area contributed by atoms with E-state index in [-0.39, 0.29) is 11.1 Å². The van der Waals surface area contributed by atoms with Gasteiger partial charge in [-0.05, 0) is 39.2 Å². The molecule has 3 N–H and O–H groups in total. The van der Waals surface area contributed by atoms with Gasteiger partial charge in [0.1, 0.15) is 11.0 Å². The molecule has 1 aromatic rings. The van der Waals surface area contributed by atoms with Gasteiger partial charge in [-0.1, -0.05) is 11.6 Å². The number of anilines is 1. The molecule has 0 unspecified atom stereocenters. The van der Waals surface area contributed by atoms with Crippen molar-refractivity contribution in [2.75, 3.05) is 39.7 Å². The number of nitrogens with one attached hydrogen (secondary N) is 1. The van der Waals surface area contributed by atoms with Crippen LogP contribution in [-0.2, 0) is 0 Å². The Morgan fingerprint density at radius 2 is 2.05 bits per heavy atom. The van der Waals surface area contributed by atoms with E-state index in [2.05, 4.69) is 15.3 Å². The molecule has 0 saturated carbocycles. The van der Waals surface area contributed by atoms with E-state index in [1.807, 2.05) is 14.1 Å². The van der Waals surface area contributed by atoms with Crippen molar-refractivity contribution in [1.82, 2.24) is 14.8 Å². The van der Waals surface area contributed by atoms with E-state index in [0.717, 1.165) is 13.0 Å². The van der Waals surface area contributed by atoms with Crippen LogP contribution in [0.5, 0.6) is 0 Å². The Balaban J connectivity index is 2.68. The third-order valence-corrected chi connectivity index (χ3v) is 2.83. The number of nitrogen functional groups attached to an aromatic ring is 1. The van der Waals surface area contributed by atoms with Gasteiger partial charge in [0.25, 0.3) is 5.91 Å². The molecule has 0 radical (unpaired) electrons. The summed E-state index contributed by atoms with van der Waals surface area (Å²) in [6.07, 6.45) is 0.913. The van der Waals surface area contributed by atoms with Crippen molar-refractivity contribution in [2.45, 2.75) is 6.42 Å². The fraction of sp³-hybridized carbons (Fsp3) is 0.500. The maximum Gasteiger partial charge on any atom is 0.253 e. The Morgan fingerprint density at radius 3 is 2.63 bits per heavy atom. The highest BCUT2D eigenvalue weighted by atomic mass is 35.5. The lowest BCUT2D eigenvalue weighted by molar-refractivity contribution is 0.0790. The van der Waals surface area contributed by atoms with Crippen LogP contribution < -0.4 is 11.3 Å². The van der Waals surface area contributed by atoms with Crippen LogP contribution >= 0.6 is 11.6 Å². The Labute approximate surface area is 118 Å². The number of amides is 1. The number of pyridine rings is 1. The van der Waals surface area contributed by atoms with Crippen LogP contribution in [0.25, 0.3) is 0 Å². The first kappa shape index (κ1) is 15.7. The van der Waals surface area contributed by atoms with E-state index < -0.39 is 0 Å². The molecule has 0 spiro atoms. The standard InChI is InChI=1S/C12H20ClN5O/c1-17(2)5-4-6-18(3)12(19)9-7-10(13)15-11(8-9)16-14/h7-8H,4-6,14H2,1-3H3,(H,15,16). The van der Waals surface area contributed by atoms with E-state index in [1.54, 1.807) is 18.0 Å². The first-order chi connectivity index (χ1) is 8.93. The summed E-state index contributed by atoms with van der Waals surface area (Å²) in [5.74, 6) is 5.55. The highest BCUT2D eigenvalue weighted by molar-refractivity contribution is 6.29. The van der Waals surface area contributed by atoms with Gasteiger partial charge >= 0.3 is 0 Å². The third-order valence-electron chi connectivity index (χ3n) is 2.63. The van der Waals surface area contributed by atoms with Gasteiger partial charge in [-0.15, -0.1) is 0 Å². The average molecular weight is 286 g/mol. The van der Waals surface area contributed by atoms with Crippen molar-refractivity contribution in [3.8, 4) is 0 Å². The number of carbonyl (C=O) groups is 1. The van der Waals surface area contributed by atoms with Gasteiger partial charge < -0.3 is 15.2 Å². The summed E-state index contributed by atoms with van der Waals surface area (Å²) in [5, 5.41) is 0.237. The summed E-state index contributed by atoms with van der Waals surface area (Å²) < 4.78 is 0. The summed E-state index contributed by atoms with van der Waals surface area (Å²) in [7, 11) is 5.77. The molecule has 1 amide bonds. The van der Waals surface area contributed by atoms with Crippen LogP contribution in [0.2, 0.25) is 5.15 Å². The Bertz CT molecular complexity index is 438. The summed E-state index contributed by atoms with van der Waals surface area (Å²) in [6.45, 7) is 1.62. The second-order valence-corrected chi connectivity index (χ2v) is 4.98. The minimum Gasteiger partial charge on any atom is -0.342 e. The molecule has 0 aliphatic heterocycles. The highest BCUT2D eigenvalue weighted by Crippen LogP contribution is 2.15. The van der Waals surface area contributed by atoms with Gasteiger partial charge in [-0.25, -0.2) is 10.8 Å². The lowest BCUT2D eigenvalue weighted by Crippen LogP contribution is -2.30. The number of hydrazine groups is 1. The summed E-state index contributed by atoms with van der Waals surface area (Å²) in [6, 6.07) is 3.11. The normalized spacial score (nSPS) is 10.6. The predicted molar refractivity (Wildman–Crippen MR) is 77.2 cm³/mol. The zero-order chi connectivity index (χ0) is 14.4. The van der Waals surface area contributed by atoms with Gasteiger partial charge in [0.05, 0.1) is 0 Å². The second-order valence-electron chi connectivity index (χ2n) is 4.59. The van der Waals surface area contributed by atoms with Crippen molar-refractivity contribution in [2.24, 2.45) is 5.84 Å². The molecule has 6 nitrogen and oxygen atoms in total. The Hall–Kier alpha value is -1.37. The summed E-state index contributed by atoms with van der Waals surface area (Å²) in [5.41, 5.74) is 2.86. The van der Waals surface area contributed by atoms with Gasteiger partial charge in [-0.2, -0.15) is 0 Å². The van der Waals surface area contributed by atoms with E-state index in [0.29, 0.717) is 17.9 Å². The van der Waals surface area contributed by atoms with Gasteiger partial charge in [0, 0.05) is 19.2 Å². The number of carbonyl (C=O) groups excluding carboxylic acids is 1. The molecule has 0 aliphatic carbocycles. The van der Waals surface area contributed by atoms with E-state index >= 15 is 0 Å². The van der Waals surface area contributed by atoms with Crippen molar-refractivity contribution >= 4 is 23.3 Å². The monoisotopic (exact) mass is 285 g/mol. The van der Waals surface area contributed by atoms with E-state index in [4.69, 9.17) is 17.4 Å². The van der Waals surface area contributed by atoms with E-state index in [1.165, 1.54) is 6.07 Å². The zero-order valence-corrected chi connectivity index (χ0v) is 12.2. The number of nitrogens with two attached hydrogens (primary N) is 1. The topological polar surface area (TPSA) is 74.5 Å². The number of hydrogen-bond donors (Lipinski definition) is 2. The van der Waals surface area contributed by atoms with Gasteiger partial charge in [-0.3, -0.25) is 4.79 Å². The SMILES string of the molecule is CN(C)CCCN(C)C(=O)c1cc(Cl)nc(NN)c1. The molecule has 0 fully saturated rings. The molecule has 106 valence electrons. The molecule has 1 aromatic heterocycles. The molecule has 0 atom stereocenters. The van der Waals surface area contributed by atoms with Crippen LogP contribution in [0.15, 0.2) is 12.1 Å². The molecule has 19 heavy (non-hydrogen) atoms. The molecule has 7 heteroatoms. The number of halogens is 1. The fourth-order valence-corrected chi connectivity index (χ4v) is 1.85. The van der Waals surface area contributed by atoms with Crippen LogP contribution in [0.3, 0.4) is 0 Å². The molecular weight excluding hydrogens is 266 g/mol. The lowest BCUT2D eigenvalue weighted by Gasteiger charge is -2.19. The number of aromatic nitrogens is 1. The minimum atomic E-state index is -0.0976. The highest BCUT2D eigenvalue weighted by Gasteiger charge is 2.13. The van der Waals surface area contributed by atoms with Crippen LogP contribution in [0.4, 0.5) is 5.82 Å². The maximum absolute atomic E-state index is 12.2. The van der Waals surface area contributed by atoms with Crippen molar-refractivity contribution in [1.29, 1.82) is 0 Å². The first-order valence-electron chi connectivity index (χ1n) is 5.98. The molecule has 0 saturated heterocycles. The van der Waals surface area contributed by atoms with Crippen molar-refractivity contribution in [3.63, 3.8) is 0 Å². The fourth-order valence-electron chi connectivity index (χ4n) is 1.64. The smallest absolute Gasteiger partial charge is 0.253 e. The van der Waals surface area contributed by atoms with E-state index in [9.17, 15) is 4.79 Å². The van der Waals surface area contributed by atoms with Crippen LogP contribution in [0.1, 0.15) is 16.8 Å². The average Bonchev–Trinajstić information content (AvgIpc) is 2.36. The third kappa shape index (κ3) is 5.02. The molecule has 0 aromatic carbocycles. The molecule has 0 aliphatic rings. The van der Waals surface area contributed by atoms with Crippen molar-refractivity contribution in [3.05, 3.63) is 22.8 Å². The number of rotatable bonds is 6. The second kappa shape index (κ2) is 7.28. The Kier molecular flexibility index (Phi) is 6.01. The van der Waals surface area contributed by atoms with Crippen LogP contribution in [0, 0.1) is 0 Å². The maximum atomic E-state index is 12.2. The summed E-state index contributed by atoms with van der Waals surface area (Å²) in [4.78, 5) is 19.9. The van der Waals surface area contributed by atoms with Crippen LogP contribution in [-0.4, -0.2) is 54.9 Å². The summed E-state index contributed by atoms with van der Waals surface area (Å²) >= 11 is 5.84. The van der Waals surface area contributed by atoms with Crippen molar-refractivity contribution < 1.29 is 4.79 Å². The molecular formula is C12H20ClN5O. The molecule has 0 bridgehead atoms. The largest absolute Gasteiger partial charge is 0.342 e. The Morgan fingerprint density at radius 1 is 1.37 bits per heavy atom. The number of nitrogens with zero attached hydrogens (tertiary/aromatic N) is 3. The van der Waals surface area contributed by atoms with Gasteiger partial charge in [0.2, 0.25) is 0 Å². The lowest BCUT2D eigenvalue weighted by atomic mass is 10.2. The zero-order valence-electron chi connectivity index (χ0n) is 11.5. The van der Waals surface area contributed by atoms with Gasteiger partial charge in [0.15, 0.2) is 0 Å². The minimum absolute atomic E-state index is 0.0976. The molecule has 1 rings (SSSR count).